The molecule has 0 aliphatic carbocycles. The van der Waals surface area contributed by atoms with Gasteiger partial charge in [0.15, 0.2) is 0 Å². The van der Waals surface area contributed by atoms with Gasteiger partial charge in [0.05, 0.1) is 18.0 Å². The van der Waals surface area contributed by atoms with Gasteiger partial charge in [-0.15, -0.1) is 11.3 Å². The topological polar surface area (TPSA) is 58.6 Å². The zero-order valence-electron chi connectivity index (χ0n) is 15.8. The van der Waals surface area contributed by atoms with Crippen molar-refractivity contribution in [2.45, 2.75) is 27.2 Å². The number of nitrogens with zero attached hydrogens (tertiary/aromatic N) is 1. The van der Waals surface area contributed by atoms with E-state index < -0.39 is 0 Å². The van der Waals surface area contributed by atoms with Crippen molar-refractivity contribution in [1.82, 2.24) is 10.2 Å². The number of aryl methyl sites for hydroxylation is 3. The lowest BCUT2D eigenvalue weighted by molar-refractivity contribution is -0.129. The van der Waals surface area contributed by atoms with Crippen molar-refractivity contribution in [2.24, 2.45) is 0 Å². The van der Waals surface area contributed by atoms with Crippen molar-refractivity contribution in [3.05, 3.63) is 51.2 Å². The van der Waals surface area contributed by atoms with Gasteiger partial charge in [-0.25, -0.2) is 0 Å². The number of thiophene rings is 1. The van der Waals surface area contributed by atoms with Crippen LogP contribution in [0.5, 0.6) is 5.75 Å². The minimum atomic E-state index is -0.199. The van der Waals surface area contributed by atoms with Crippen LogP contribution in [0.3, 0.4) is 0 Å². The van der Waals surface area contributed by atoms with E-state index in [2.05, 4.69) is 12.2 Å². The van der Waals surface area contributed by atoms with Crippen LogP contribution < -0.4 is 10.1 Å². The minimum absolute atomic E-state index is 0.0156. The highest BCUT2D eigenvalue weighted by Gasteiger charge is 2.14. The fraction of sp³-hybridized carbons (Fsp3) is 0.400. The van der Waals surface area contributed by atoms with Gasteiger partial charge in [-0.3, -0.25) is 9.59 Å². The molecule has 2 aromatic rings. The normalized spacial score (nSPS) is 10.5. The number of hydrogen-bond donors (Lipinski definition) is 1. The van der Waals surface area contributed by atoms with Crippen molar-refractivity contribution in [2.75, 3.05) is 26.7 Å². The highest BCUT2D eigenvalue weighted by atomic mass is 32.1. The SMILES string of the molecule is CCc1sc(C(=O)NCC(=O)N(C)CCOc2ccc(C)cc2)cc1C. The van der Waals surface area contributed by atoms with E-state index in [1.54, 1.807) is 11.9 Å². The molecule has 140 valence electrons. The first-order valence-electron chi connectivity index (χ1n) is 8.71. The third-order valence-electron chi connectivity index (χ3n) is 4.11. The molecule has 5 nitrogen and oxygen atoms in total. The van der Waals surface area contributed by atoms with E-state index in [9.17, 15) is 9.59 Å². The molecule has 0 bridgehead atoms. The summed E-state index contributed by atoms with van der Waals surface area (Å²) in [6.45, 7) is 6.93. The highest BCUT2D eigenvalue weighted by Crippen LogP contribution is 2.22. The Bertz CT molecular complexity index is 753. The van der Waals surface area contributed by atoms with Crippen molar-refractivity contribution < 1.29 is 14.3 Å². The van der Waals surface area contributed by atoms with Gasteiger partial charge in [-0.2, -0.15) is 0 Å². The second-order valence-corrected chi connectivity index (χ2v) is 7.37. The molecule has 0 unspecified atom stereocenters. The smallest absolute Gasteiger partial charge is 0.261 e. The number of amides is 2. The van der Waals surface area contributed by atoms with Crippen LogP contribution in [-0.4, -0.2) is 43.5 Å². The summed E-state index contributed by atoms with van der Waals surface area (Å²) in [5.74, 6) is 0.440. The lowest BCUT2D eigenvalue weighted by Crippen LogP contribution is -2.39. The van der Waals surface area contributed by atoms with E-state index in [1.807, 2.05) is 44.2 Å². The molecule has 2 rings (SSSR count). The van der Waals surface area contributed by atoms with E-state index in [0.717, 1.165) is 17.7 Å². The number of ether oxygens (including phenoxy) is 1. The Balaban J connectivity index is 1.74. The van der Waals surface area contributed by atoms with Gasteiger partial charge in [0.1, 0.15) is 12.4 Å². The predicted octanol–water partition coefficient (Wildman–Crippen LogP) is 3.19. The molecule has 0 fully saturated rings. The summed E-state index contributed by atoms with van der Waals surface area (Å²) < 4.78 is 5.63. The first kappa shape index (κ1) is 20.0. The Labute approximate surface area is 159 Å². The molecule has 1 heterocycles. The molecule has 0 spiro atoms. The van der Waals surface area contributed by atoms with Crippen LogP contribution >= 0.6 is 11.3 Å². The van der Waals surface area contributed by atoms with Gasteiger partial charge in [0, 0.05) is 11.9 Å². The number of nitrogens with one attached hydrogen (secondary N) is 1. The molecule has 6 heteroatoms. The number of rotatable bonds is 8. The van der Waals surface area contributed by atoms with Crippen LogP contribution in [0.25, 0.3) is 0 Å². The van der Waals surface area contributed by atoms with Gasteiger partial charge < -0.3 is 15.0 Å². The first-order chi connectivity index (χ1) is 12.4. The average Bonchev–Trinajstić information content (AvgIpc) is 3.01. The second-order valence-electron chi connectivity index (χ2n) is 6.23. The molecule has 0 saturated heterocycles. The van der Waals surface area contributed by atoms with E-state index in [1.165, 1.54) is 21.8 Å². The lowest BCUT2D eigenvalue weighted by Gasteiger charge is -2.17. The van der Waals surface area contributed by atoms with Crippen molar-refractivity contribution in [3.63, 3.8) is 0 Å². The van der Waals surface area contributed by atoms with Crippen LogP contribution in [0, 0.1) is 13.8 Å². The molecule has 0 aliphatic heterocycles. The summed E-state index contributed by atoms with van der Waals surface area (Å²) >= 11 is 1.48. The summed E-state index contributed by atoms with van der Waals surface area (Å²) in [5, 5.41) is 2.70. The summed E-state index contributed by atoms with van der Waals surface area (Å²) in [7, 11) is 1.71. The minimum Gasteiger partial charge on any atom is -0.492 e. The number of hydrogen-bond acceptors (Lipinski definition) is 4. The second kappa shape index (κ2) is 9.38. The van der Waals surface area contributed by atoms with Crippen molar-refractivity contribution in [1.29, 1.82) is 0 Å². The number of carbonyl (C=O) groups is 2. The molecule has 0 atom stereocenters. The lowest BCUT2D eigenvalue weighted by atomic mass is 10.2. The zero-order chi connectivity index (χ0) is 19.1. The molecule has 2 amide bonds. The molecule has 26 heavy (non-hydrogen) atoms. The Morgan fingerprint density at radius 3 is 2.50 bits per heavy atom. The first-order valence-corrected chi connectivity index (χ1v) is 9.53. The number of likely N-dealkylation sites (N-methyl/N-ethyl adjacent to an activating group) is 1. The summed E-state index contributed by atoms with van der Waals surface area (Å²) in [6, 6.07) is 9.66. The Kier molecular flexibility index (Phi) is 7.21. The van der Waals surface area contributed by atoms with Crippen LogP contribution in [0.15, 0.2) is 30.3 Å². The quantitative estimate of drug-likeness (QED) is 0.772. The van der Waals surface area contributed by atoms with Gasteiger partial charge in [0.25, 0.3) is 5.91 Å². The third-order valence-corrected chi connectivity index (χ3v) is 5.49. The van der Waals surface area contributed by atoms with E-state index in [4.69, 9.17) is 4.74 Å². The highest BCUT2D eigenvalue weighted by molar-refractivity contribution is 7.14. The van der Waals surface area contributed by atoms with Gasteiger partial charge in [-0.05, 0) is 44.0 Å². The predicted molar refractivity (Wildman–Crippen MR) is 105 cm³/mol. The van der Waals surface area contributed by atoms with Crippen LogP contribution in [0.1, 0.15) is 32.6 Å². The molecular weight excluding hydrogens is 348 g/mol. The number of carbonyl (C=O) groups excluding carboxylic acids is 2. The molecule has 1 aromatic heterocycles. The van der Waals surface area contributed by atoms with E-state index in [0.29, 0.717) is 18.0 Å². The van der Waals surface area contributed by atoms with Gasteiger partial charge in [0.2, 0.25) is 5.91 Å². The van der Waals surface area contributed by atoms with Gasteiger partial charge >= 0.3 is 0 Å². The van der Waals surface area contributed by atoms with Crippen LogP contribution in [0.2, 0.25) is 0 Å². The maximum absolute atomic E-state index is 12.2. The Morgan fingerprint density at radius 2 is 1.88 bits per heavy atom. The maximum Gasteiger partial charge on any atom is 0.261 e. The summed E-state index contributed by atoms with van der Waals surface area (Å²) in [5.41, 5.74) is 2.30. The fourth-order valence-corrected chi connectivity index (χ4v) is 3.45. The molecule has 0 saturated carbocycles. The fourth-order valence-electron chi connectivity index (χ4n) is 2.42. The molecule has 0 radical (unpaired) electrons. The monoisotopic (exact) mass is 374 g/mol. The third kappa shape index (κ3) is 5.59. The molecule has 1 N–H and O–H groups in total. The molecular formula is C20H26N2O3S. The van der Waals surface area contributed by atoms with E-state index in [-0.39, 0.29) is 18.4 Å². The summed E-state index contributed by atoms with van der Waals surface area (Å²) in [6.07, 6.45) is 0.909. The van der Waals surface area contributed by atoms with Gasteiger partial charge in [-0.1, -0.05) is 24.6 Å². The van der Waals surface area contributed by atoms with Crippen LogP contribution in [-0.2, 0) is 11.2 Å². The number of benzene rings is 1. The Morgan fingerprint density at radius 1 is 1.19 bits per heavy atom. The van der Waals surface area contributed by atoms with Crippen LogP contribution in [0.4, 0.5) is 0 Å². The van der Waals surface area contributed by atoms with Crippen molar-refractivity contribution >= 4 is 23.2 Å². The molecule has 1 aromatic carbocycles. The maximum atomic E-state index is 12.2. The van der Waals surface area contributed by atoms with E-state index >= 15 is 0 Å². The average molecular weight is 375 g/mol. The summed E-state index contributed by atoms with van der Waals surface area (Å²) in [4.78, 5) is 27.7. The zero-order valence-corrected chi connectivity index (χ0v) is 16.6. The molecule has 0 aliphatic rings. The van der Waals surface area contributed by atoms with Crippen molar-refractivity contribution in [3.8, 4) is 5.75 Å². The largest absolute Gasteiger partial charge is 0.492 e. The standard InChI is InChI=1S/C20H26N2O3S/c1-5-17-15(3)12-18(26-17)20(24)21-13-19(23)22(4)10-11-25-16-8-6-14(2)7-9-16/h6-9,12H,5,10-11,13H2,1-4H3,(H,21,24). The Hall–Kier alpha value is -2.34.